The maximum Gasteiger partial charge on any atom is 0.156 e. The molecule has 0 aromatic heterocycles. The minimum Gasteiger partial charge on any atom is -0.319 e. The second-order valence-electron chi connectivity index (χ2n) is 5.11. The van der Waals surface area contributed by atoms with Gasteiger partial charge < -0.3 is 5.73 Å². The van der Waals surface area contributed by atoms with Crippen molar-refractivity contribution in [3.8, 4) is 0 Å². The summed E-state index contributed by atoms with van der Waals surface area (Å²) in [7, 11) is 0. The molecule has 0 aliphatic heterocycles. The highest BCUT2D eigenvalue weighted by atomic mass is 16.1. The van der Waals surface area contributed by atoms with Crippen molar-refractivity contribution in [1.29, 1.82) is 0 Å². The number of nitrogens with two attached hydrogens (primary N) is 1. The molecule has 1 fully saturated rings. The molecule has 1 aliphatic rings. The van der Waals surface area contributed by atoms with Crippen LogP contribution in [0, 0.1) is 13.8 Å². The van der Waals surface area contributed by atoms with Crippen molar-refractivity contribution in [2.45, 2.75) is 45.1 Å². The van der Waals surface area contributed by atoms with Crippen molar-refractivity contribution in [3.05, 3.63) is 34.9 Å². The van der Waals surface area contributed by atoms with Crippen LogP contribution in [-0.4, -0.2) is 11.3 Å². The van der Waals surface area contributed by atoms with Crippen molar-refractivity contribution in [2.24, 2.45) is 5.73 Å². The van der Waals surface area contributed by atoms with Gasteiger partial charge in [0, 0.05) is 6.42 Å². The van der Waals surface area contributed by atoms with Gasteiger partial charge in [-0.15, -0.1) is 0 Å². The summed E-state index contributed by atoms with van der Waals surface area (Å²) < 4.78 is 0. The Morgan fingerprint density at radius 3 is 2.25 bits per heavy atom. The van der Waals surface area contributed by atoms with Gasteiger partial charge in [-0.3, -0.25) is 4.79 Å². The molecule has 0 amide bonds. The number of ketones is 1. The second kappa shape index (κ2) is 4.02. The first-order valence-corrected chi connectivity index (χ1v) is 5.89. The maximum absolute atomic E-state index is 12.0. The summed E-state index contributed by atoms with van der Waals surface area (Å²) in [5, 5.41) is 0. The monoisotopic (exact) mass is 217 g/mol. The summed E-state index contributed by atoms with van der Waals surface area (Å²) in [5.41, 5.74) is 9.02. The summed E-state index contributed by atoms with van der Waals surface area (Å²) >= 11 is 0. The minimum atomic E-state index is -0.516. The Morgan fingerprint density at radius 1 is 1.25 bits per heavy atom. The van der Waals surface area contributed by atoms with Crippen LogP contribution < -0.4 is 5.73 Å². The number of carbonyl (C=O) groups excluding carboxylic acids is 1. The number of hydrogen-bond donors (Lipinski definition) is 1. The van der Waals surface area contributed by atoms with E-state index >= 15 is 0 Å². The number of benzene rings is 1. The molecule has 2 N–H and O–H groups in total. The quantitative estimate of drug-likeness (QED) is 0.844. The predicted molar refractivity (Wildman–Crippen MR) is 65.4 cm³/mol. The molecule has 1 aromatic carbocycles. The zero-order chi connectivity index (χ0) is 11.8. The minimum absolute atomic E-state index is 0.198. The molecule has 0 heterocycles. The van der Waals surface area contributed by atoms with Gasteiger partial charge in [-0.2, -0.15) is 0 Å². The molecule has 1 aromatic rings. The molecule has 0 unspecified atom stereocenters. The number of carbonyl (C=O) groups is 1. The smallest absolute Gasteiger partial charge is 0.156 e. The Kier molecular flexibility index (Phi) is 2.85. The summed E-state index contributed by atoms with van der Waals surface area (Å²) in [4.78, 5) is 12.0. The van der Waals surface area contributed by atoms with Gasteiger partial charge in [0.25, 0.3) is 0 Å². The van der Waals surface area contributed by atoms with E-state index in [0.717, 1.165) is 24.8 Å². The van der Waals surface area contributed by atoms with Gasteiger partial charge in [0.15, 0.2) is 5.78 Å². The second-order valence-corrected chi connectivity index (χ2v) is 5.11. The van der Waals surface area contributed by atoms with Crippen LogP contribution in [-0.2, 0) is 11.2 Å². The molecule has 2 rings (SSSR count). The van der Waals surface area contributed by atoms with Crippen molar-refractivity contribution in [1.82, 2.24) is 0 Å². The molecule has 0 radical (unpaired) electrons. The van der Waals surface area contributed by atoms with E-state index in [0.29, 0.717) is 6.42 Å². The van der Waals surface area contributed by atoms with Crippen LogP contribution in [0.3, 0.4) is 0 Å². The van der Waals surface area contributed by atoms with Gasteiger partial charge in [-0.25, -0.2) is 0 Å². The van der Waals surface area contributed by atoms with Crippen LogP contribution in [0.2, 0.25) is 0 Å². The van der Waals surface area contributed by atoms with E-state index in [9.17, 15) is 4.79 Å². The van der Waals surface area contributed by atoms with Crippen LogP contribution in [0.4, 0.5) is 0 Å². The highest BCUT2D eigenvalue weighted by Crippen LogP contribution is 2.31. The Hall–Kier alpha value is -1.15. The van der Waals surface area contributed by atoms with E-state index < -0.39 is 5.54 Å². The van der Waals surface area contributed by atoms with Crippen LogP contribution >= 0.6 is 0 Å². The first kappa shape index (κ1) is 11.3. The topological polar surface area (TPSA) is 43.1 Å². The predicted octanol–water partition coefficient (Wildman–Crippen LogP) is 2.30. The third-order valence-electron chi connectivity index (χ3n) is 3.45. The van der Waals surface area contributed by atoms with Crippen molar-refractivity contribution in [3.63, 3.8) is 0 Å². The lowest BCUT2D eigenvalue weighted by atomic mass is 9.73. The first-order chi connectivity index (χ1) is 7.49. The van der Waals surface area contributed by atoms with E-state index in [1.165, 1.54) is 11.1 Å². The van der Waals surface area contributed by atoms with Gasteiger partial charge in [0.2, 0.25) is 0 Å². The zero-order valence-corrected chi connectivity index (χ0v) is 10.0. The molecule has 16 heavy (non-hydrogen) atoms. The van der Waals surface area contributed by atoms with Gasteiger partial charge in [-0.05, 0) is 38.7 Å². The fraction of sp³-hybridized carbons (Fsp3) is 0.500. The van der Waals surface area contributed by atoms with Gasteiger partial charge in [0.1, 0.15) is 0 Å². The van der Waals surface area contributed by atoms with E-state index in [4.69, 9.17) is 5.73 Å². The average molecular weight is 217 g/mol. The first-order valence-electron chi connectivity index (χ1n) is 5.89. The Bertz CT molecular complexity index is 398. The molecule has 0 spiro atoms. The van der Waals surface area contributed by atoms with Crippen LogP contribution in [0.5, 0.6) is 0 Å². The lowest BCUT2D eigenvalue weighted by Crippen LogP contribution is -2.54. The van der Waals surface area contributed by atoms with E-state index in [-0.39, 0.29) is 5.78 Å². The normalized spacial score (nSPS) is 17.9. The molecule has 0 atom stereocenters. The highest BCUT2D eigenvalue weighted by molar-refractivity contribution is 5.90. The maximum atomic E-state index is 12.0. The molecule has 0 saturated heterocycles. The molecule has 86 valence electrons. The van der Waals surface area contributed by atoms with Crippen LogP contribution in [0.1, 0.15) is 36.0 Å². The number of hydrogen-bond acceptors (Lipinski definition) is 2. The summed E-state index contributed by atoms with van der Waals surface area (Å²) in [6.45, 7) is 4.12. The third-order valence-corrected chi connectivity index (χ3v) is 3.45. The summed E-state index contributed by atoms with van der Waals surface area (Å²) in [6.07, 6.45) is 3.29. The summed E-state index contributed by atoms with van der Waals surface area (Å²) in [6, 6.07) is 6.27. The van der Waals surface area contributed by atoms with Crippen molar-refractivity contribution >= 4 is 5.78 Å². The average Bonchev–Trinajstić information content (AvgIpc) is 2.12. The standard InChI is InChI=1S/C14H19NO/c1-10-6-11(2)8-12(7-10)9-13(16)14(15)4-3-5-14/h6-8H,3-5,9,15H2,1-2H3. The number of aryl methyl sites for hydroxylation is 2. The van der Waals surface area contributed by atoms with Gasteiger partial charge >= 0.3 is 0 Å². The van der Waals surface area contributed by atoms with E-state index in [2.05, 4.69) is 32.0 Å². The van der Waals surface area contributed by atoms with Gasteiger partial charge in [-0.1, -0.05) is 29.3 Å². The molecule has 0 bridgehead atoms. The molecule has 2 nitrogen and oxygen atoms in total. The molecule has 1 saturated carbocycles. The molecule has 2 heteroatoms. The Labute approximate surface area is 96.8 Å². The van der Waals surface area contributed by atoms with Crippen LogP contribution in [0.25, 0.3) is 0 Å². The molecular weight excluding hydrogens is 198 g/mol. The van der Waals surface area contributed by atoms with Crippen molar-refractivity contribution < 1.29 is 4.79 Å². The third kappa shape index (κ3) is 2.17. The number of rotatable bonds is 3. The van der Waals surface area contributed by atoms with Crippen molar-refractivity contribution in [2.75, 3.05) is 0 Å². The fourth-order valence-electron chi connectivity index (χ4n) is 2.37. The highest BCUT2D eigenvalue weighted by Gasteiger charge is 2.39. The Balaban J connectivity index is 2.11. The molecule has 1 aliphatic carbocycles. The number of Topliss-reactive ketones (excluding diaryl/α,β-unsaturated/α-hetero) is 1. The van der Waals surface area contributed by atoms with Gasteiger partial charge in [0.05, 0.1) is 5.54 Å². The Morgan fingerprint density at radius 2 is 1.81 bits per heavy atom. The SMILES string of the molecule is Cc1cc(C)cc(CC(=O)C2(N)CCC2)c1. The largest absolute Gasteiger partial charge is 0.319 e. The zero-order valence-electron chi connectivity index (χ0n) is 10.0. The fourth-order valence-corrected chi connectivity index (χ4v) is 2.37. The lowest BCUT2D eigenvalue weighted by molar-refractivity contribution is -0.126. The van der Waals surface area contributed by atoms with Crippen LogP contribution in [0.15, 0.2) is 18.2 Å². The summed E-state index contributed by atoms with van der Waals surface area (Å²) in [5.74, 6) is 0.198. The molecular formula is C14H19NO. The van der Waals surface area contributed by atoms with E-state index in [1.54, 1.807) is 0 Å². The van der Waals surface area contributed by atoms with E-state index in [1.807, 2.05) is 0 Å². The lowest BCUT2D eigenvalue weighted by Gasteiger charge is -2.36.